The minimum absolute atomic E-state index is 0.648. The lowest BCUT2D eigenvalue weighted by atomic mass is 10.0. The number of anilines is 2. The van der Waals surface area contributed by atoms with Crippen LogP contribution in [0.15, 0.2) is 85.2 Å². The molecule has 5 heterocycles. The summed E-state index contributed by atoms with van der Waals surface area (Å²) in [6, 6.07) is 27.3. The fourth-order valence-corrected chi connectivity index (χ4v) is 6.88. The van der Waals surface area contributed by atoms with Crippen LogP contribution in [0, 0.1) is 0 Å². The van der Waals surface area contributed by atoms with Gasteiger partial charge in [0.05, 0.1) is 34.8 Å². The van der Waals surface area contributed by atoms with Gasteiger partial charge in [-0.1, -0.05) is 24.3 Å². The van der Waals surface area contributed by atoms with E-state index in [9.17, 15) is 0 Å². The second-order valence-corrected chi connectivity index (χ2v) is 11.5. The molecule has 41 heavy (non-hydrogen) atoms. The average Bonchev–Trinajstić information content (AvgIpc) is 3.83. The van der Waals surface area contributed by atoms with E-state index in [1.54, 1.807) is 0 Å². The van der Waals surface area contributed by atoms with Crippen molar-refractivity contribution in [2.75, 3.05) is 31.1 Å². The summed E-state index contributed by atoms with van der Waals surface area (Å²) in [5, 5.41) is 20.3. The lowest BCUT2D eigenvalue weighted by molar-refractivity contribution is 0.232. The van der Waals surface area contributed by atoms with Crippen LogP contribution in [0.25, 0.3) is 44.1 Å². The largest absolute Gasteiger partial charge is 0.453 e. The van der Waals surface area contributed by atoms with Crippen LogP contribution in [0.3, 0.4) is 0 Å². The molecule has 8 nitrogen and oxygen atoms in total. The Hall–Kier alpha value is -4.66. The van der Waals surface area contributed by atoms with E-state index < -0.39 is 0 Å². The molecule has 3 N–H and O–H groups in total. The Morgan fingerprint density at radius 3 is 1.85 bits per heavy atom. The van der Waals surface area contributed by atoms with E-state index in [2.05, 4.69) is 108 Å². The van der Waals surface area contributed by atoms with Crippen LogP contribution in [0.5, 0.6) is 11.5 Å². The molecule has 0 radical (unpaired) electrons. The lowest BCUT2D eigenvalue weighted by Crippen LogP contribution is -2.46. The van der Waals surface area contributed by atoms with Crippen LogP contribution in [-0.2, 0) is 0 Å². The highest BCUT2D eigenvalue weighted by molar-refractivity contribution is 5.88. The van der Waals surface area contributed by atoms with Crippen LogP contribution >= 0.6 is 0 Å². The Kier molecular flexibility index (Phi) is 5.02. The number of likely N-dealkylation sites (tertiary alicyclic amines) is 1. The van der Waals surface area contributed by atoms with Crippen molar-refractivity contribution in [1.82, 2.24) is 30.6 Å². The number of aromatic amines is 2. The fraction of sp³-hybridized carbons (Fsp3) is 0.212. The standard InChI is InChI=1S/C33H29N7O/c1-5-28-24(16-35-37-28)11-20(1)22-3-7-30-32(13-22)41-33-14-23(21-2-6-29-25(12-21)17-36-38-29)4-8-31(33)40(30)10-9-39-19-26-15-27(39)18-34-26/h1-8,11-14,16-17,26-27,34H,9-10,15,18-19H2,(H,35,37)(H,36,38)/t26-,27-/m1/s1. The predicted octanol–water partition coefficient (Wildman–Crippen LogP) is 6.06. The lowest BCUT2D eigenvalue weighted by Gasteiger charge is -2.36. The summed E-state index contributed by atoms with van der Waals surface area (Å²) in [6.07, 6.45) is 5.01. The maximum absolute atomic E-state index is 6.70. The van der Waals surface area contributed by atoms with Gasteiger partial charge in [-0.25, -0.2) is 0 Å². The summed E-state index contributed by atoms with van der Waals surface area (Å²) in [5.74, 6) is 1.77. The van der Waals surface area contributed by atoms with E-state index >= 15 is 0 Å². The average molecular weight is 540 g/mol. The van der Waals surface area contributed by atoms with Crippen LogP contribution in [-0.4, -0.2) is 63.6 Å². The monoisotopic (exact) mass is 539 g/mol. The van der Waals surface area contributed by atoms with Crippen molar-refractivity contribution < 1.29 is 4.74 Å². The Morgan fingerprint density at radius 2 is 1.29 bits per heavy atom. The van der Waals surface area contributed by atoms with Crippen LogP contribution in [0.4, 0.5) is 11.4 Å². The molecule has 0 spiro atoms. The van der Waals surface area contributed by atoms with Gasteiger partial charge in [-0.15, -0.1) is 0 Å². The third kappa shape index (κ3) is 3.83. The second kappa shape index (κ2) is 8.92. The quantitative estimate of drug-likeness (QED) is 0.247. The highest BCUT2D eigenvalue weighted by Gasteiger charge is 2.37. The third-order valence-electron chi connectivity index (χ3n) is 9.05. The summed E-state index contributed by atoms with van der Waals surface area (Å²) in [5.41, 5.74) is 8.83. The molecule has 3 aliphatic heterocycles. The highest BCUT2D eigenvalue weighted by atomic mass is 16.5. The molecular formula is C33H29N7O. The number of nitrogens with zero attached hydrogens (tertiary/aromatic N) is 4. The smallest absolute Gasteiger partial charge is 0.151 e. The number of nitrogens with one attached hydrogen (secondary N) is 3. The van der Waals surface area contributed by atoms with Crippen molar-refractivity contribution in [3.8, 4) is 33.8 Å². The van der Waals surface area contributed by atoms with Crippen molar-refractivity contribution in [2.24, 2.45) is 0 Å². The summed E-state index contributed by atoms with van der Waals surface area (Å²) >= 11 is 0. The topological polar surface area (TPSA) is 85.1 Å². The summed E-state index contributed by atoms with van der Waals surface area (Å²) < 4.78 is 6.70. The zero-order valence-corrected chi connectivity index (χ0v) is 22.5. The molecule has 0 saturated carbocycles. The molecular weight excluding hydrogens is 510 g/mol. The molecule has 202 valence electrons. The number of H-pyrrole nitrogens is 2. The Morgan fingerprint density at radius 1 is 0.707 bits per heavy atom. The number of ether oxygens (including phenoxy) is 1. The molecule has 2 fully saturated rings. The number of hydrogen-bond donors (Lipinski definition) is 3. The number of piperazine rings is 1. The number of rotatable bonds is 5. The van der Waals surface area contributed by atoms with E-state index in [0.29, 0.717) is 12.1 Å². The summed E-state index contributed by atoms with van der Waals surface area (Å²) in [4.78, 5) is 5.10. The van der Waals surface area contributed by atoms with Crippen LogP contribution in [0.1, 0.15) is 6.42 Å². The van der Waals surface area contributed by atoms with Gasteiger partial charge in [0.15, 0.2) is 11.5 Å². The van der Waals surface area contributed by atoms with Crippen molar-refractivity contribution in [3.63, 3.8) is 0 Å². The zero-order chi connectivity index (χ0) is 26.9. The van der Waals surface area contributed by atoms with E-state index in [1.807, 2.05) is 12.4 Å². The second-order valence-electron chi connectivity index (χ2n) is 11.5. The van der Waals surface area contributed by atoms with E-state index in [-0.39, 0.29) is 0 Å². The maximum Gasteiger partial charge on any atom is 0.151 e. The van der Waals surface area contributed by atoms with E-state index in [4.69, 9.17) is 4.74 Å². The summed E-state index contributed by atoms with van der Waals surface area (Å²) in [6.45, 7) is 4.18. The van der Waals surface area contributed by atoms with Crippen molar-refractivity contribution in [3.05, 3.63) is 85.2 Å². The minimum Gasteiger partial charge on any atom is -0.453 e. The molecule has 3 aliphatic rings. The first kappa shape index (κ1) is 23.1. The van der Waals surface area contributed by atoms with Gasteiger partial charge in [-0.2, -0.15) is 10.2 Å². The Balaban J connectivity index is 1.10. The SMILES string of the molecule is c1cc2c(cc1-c1ccc3[nH]ncc3c1)Oc1cc(-c3ccc4[nH]ncc4c3)ccc1N2CCN1C[C@H]2C[C@@H]1CN2. The van der Waals surface area contributed by atoms with Gasteiger partial charge in [0.25, 0.3) is 0 Å². The first-order valence-electron chi connectivity index (χ1n) is 14.3. The third-order valence-corrected chi connectivity index (χ3v) is 9.05. The molecule has 0 unspecified atom stereocenters. The normalized spacial score (nSPS) is 19.6. The molecule has 2 saturated heterocycles. The van der Waals surface area contributed by atoms with Gasteiger partial charge in [-0.05, 0) is 77.2 Å². The van der Waals surface area contributed by atoms with Crippen molar-refractivity contribution in [1.29, 1.82) is 0 Å². The van der Waals surface area contributed by atoms with Crippen LogP contribution < -0.4 is 15.0 Å². The van der Waals surface area contributed by atoms with Gasteiger partial charge >= 0.3 is 0 Å². The molecule has 8 heteroatoms. The Labute approximate surface area is 236 Å². The fourth-order valence-electron chi connectivity index (χ4n) is 6.88. The van der Waals surface area contributed by atoms with Gasteiger partial charge < -0.3 is 15.0 Å². The predicted molar refractivity (Wildman–Crippen MR) is 162 cm³/mol. The molecule has 2 aromatic heterocycles. The summed E-state index contributed by atoms with van der Waals surface area (Å²) in [7, 11) is 0. The highest BCUT2D eigenvalue weighted by Crippen LogP contribution is 2.49. The van der Waals surface area contributed by atoms with Gasteiger partial charge in [0.1, 0.15) is 0 Å². The molecule has 0 aliphatic carbocycles. The van der Waals surface area contributed by atoms with Gasteiger partial charge in [0.2, 0.25) is 0 Å². The number of fused-ring (bicyclic) bond motifs is 6. The zero-order valence-electron chi connectivity index (χ0n) is 22.5. The molecule has 0 amide bonds. The molecule has 6 aromatic rings. The molecule has 4 aromatic carbocycles. The molecule has 2 atom stereocenters. The van der Waals surface area contributed by atoms with Crippen molar-refractivity contribution >= 4 is 33.2 Å². The number of aromatic nitrogens is 4. The molecule has 2 bridgehead atoms. The van der Waals surface area contributed by atoms with Crippen LogP contribution in [0.2, 0.25) is 0 Å². The van der Waals surface area contributed by atoms with Crippen molar-refractivity contribution in [2.45, 2.75) is 18.5 Å². The van der Waals surface area contributed by atoms with Gasteiger partial charge in [-0.3, -0.25) is 15.1 Å². The first-order chi connectivity index (χ1) is 20.2. The first-order valence-corrected chi connectivity index (χ1v) is 14.3. The molecule has 9 rings (SSSR count). The van der Waals surface area contributed by atoms with Gasteiger partial charge in [0, 0.05) is 49.0 Å². The Bertz CT molecular complexity index is 1820. The number of benzene rings is 4. The van der Waals surface area contributed by atoms with E-state index in [1.165, 1.54) is 6.42 Å². The van der Waals surface area contributed by atoms with E-state index in [0.717, 1.165) is 93.1 Å². The minimum atomic E-state index is 0.648. The number of hydrogen-bond acceptors (Lipinski definition) is 6. The maximum atomic E-state index is 6.70.